The highest BCUT2D eigenvalue weighted by molar-refractivity contribution is 6.30. The van der Waals surface area contributed by atoms with Gasteiger partial charge >= 0.3 is 0 Å². The minimum Gasteiger partial charge on any atom is -0.457 e. The predicted molar refractivity (Wildman–Crippen MR) is 124 cm³/mol. The Morgan fingerprint density at radius 3 is 2.43 bits per heavy atom. The number of furan rings is 1. The summed E-state index contributed by atoms with van der Waals surface area (Å²) in [6.45, 7) is 4.50. The van der Waals surface area contributed by atoms with E-state index < -0.39 is 0 Å². The molecule has 0 aliphatic carbocycles. The van der Waals surface area contributed by atoms with Crippen LogP contribution in [-0.4, -0.2) is 19.0 Å². The Morgan fingerprint density at radius 2 is 1.73 bits per heavy atom. The molecule has 1 fully saturated rings. The van der Waals surface area contributed by atoms with E-state index >= 15 is 0 Å². The van der Waals surface area contributed by atoms with E-state index in [1.54, 1.807) is 6.08 Å². The maximum absolute atomic E-state index is 12.3. The highest BCUT2D eigenvalue weighted by Crippen LogP contribution is 2.25. The van der Waals surface area contributed by atoms with E-state index in [-0.39, 0.29) is 5.91 Å². The molecule has 1 amide bonds. The Labute approximate surface area is 182 Å². The van der Waals surface area contributed by atoms with Gasteiger partial charge in [-0.1, -0.05) is 18.5 Å². The Bertz CT molecular complexity index is 1010. The third-order valence-electron chi connectivity index (χ3n) is 5.44. The zero-order valence-corrected chi connectivity index (χ0v) is 17.7. The summed E-state index contributed by atoms with van der Waals surface area (Å²) < 4.78 is 5.79. The van der Waals surface area contributed by atoms with Crippen LogP contribution in [0, 0.1) is 5.92 Å². The number of halogens is 1. The van der Waals surface area contributed by atoms with Gasteiger partial charge in [0, 0.05) is 41.1 Å². The fourth-order valence-corrected chi connectivity index (χ4v) is 3.70. The van der Waals surface area contributed by atoms with Crippen molar-refractivity contribution in [3.05, 3.63) is 77.5 Å². The highest BCUT2D eigenvalue weighted by Gasteiger charge is 2.15. The molecule has 30 heavy (non-hydrogen) atoms. The molecule has 1 aromatic heterocycles. The molecular weight excluding hydrogens is 396 g/mol. The summed E-state index contributed by atoms with van der Waals surface area (Å²) in [7, 11) is 0. The molecule has 0 radical (unpaired) electrons. The Morgan fingerprint density at radius 1 is 1.03 bits per heavy atom. The van der Waals surface area contributed by atoms with Crippen LogP contribution in [0.3, 0.4) is 0 Å². The molecule has 1 N–H and O–H groups in total. The zero-order chi connectivity index (χ0) is 20.9. The van der Waals surface area contributed by atoms with Crippen LogP contribution >= 0.6 is 11.6 Å². The summed E-state index contributed by atoms with van der Waals surface area (Å²) in [5.41, 5.74) is 2.92. The lowest BCUT2D eigenvalue weighted by atomic mass is 9.99. The lowest BCUT2D eigenvalue weighted by Gasteiger charge is -2.32. The number of nitrogens with one attached hydrogen (secondary N) is 1. The molecule has 0 atom stereocenters. The summed E-state index contributed by atoms with van der Waals surface area (Å²) in [5.74, 6) is 1.96. The van der Waals surface area contributed by atoms with Gasteiger partial charge in [-0.25, -0.2) is 0 Å². The van der Waals surface area contributed by atoms with Crippen molar-refractivity contribution in [2.45, 2.75) is 19.8 Å². The van der Waals surface area contributed by atoms with E-state index in [2.05, 4.69) is 29.3 Å². The predicted octanol–water partition coefficient (Wildman–Crippen LogP) is 6.49. The molecule has 1 saturated heterocycles. The van der Waals surface area contributed by atoms with Gasteiger partial charge in [-0.15, -0.1) is 0 Å². The van der Waals surface area contributed by atoms with E-state index in [1.165, 1.54) is 24.6 Å². The van der Waals surface area contributed by atoms with Crippen molar-refractivity contribution >= 4 is 35.0 Å². The van der Waals surface area contributed by atoms with E-state index in [4.69, 9.17) is 16.0 Å². The highest BCUT2D eigenvalue weighted by atomic mass is 35.5. The molecule has 0 spiro atoms. The summed E-state index contributed by atoms with van der Waals surface area (Å²) in [4.78, 5) is 14.7. The summed E-state index contributed by atoms with van der Waals surface area (Å²) in [6, 6.07) is 19.2. The van der Waals surface area contributed by atoms with Crippen LogP contribution in [-0.2, 0) is 4.79 Å². The second kappa shape index (κ2) is 9.23. The molecule has 0 saturated carbocycles. The number of hydrogen-bond acceptors (Lipinski definition) is 3. The largest absolute Gasteiger partial charge is 0.457 e. The van der Waals surface area contributed by atoms with Crippen LogP contribution < -0.4 is 10.2 Å². The second-order valence-corrected chi connectivity index (χ2v) is 8.18. The van der Waals surface area contributed by atoms with Crippen LogP contribution in [0.2, 0.25) is 5.02 Å². The minimum absolute atomic E-state index is 0.195. The Kier molecular flexibility index (Phi) is 6.24. The molecule has 1 aliphatic rings. The quantitative estimate of drug-likeness (QED) is 0.480. The molecule has 4 nitrogen and oxygen atoms in total. The number of nitrogens with zero attached hydrogens (tertiary/aromatic N) is 1. The van der Waals surface area contributed by atoms with Crippen LogP contribution in [0.4, 0.5) is 11.4 Å². The molecule has 0 unspecified atom stereocenters. The average molecular weight is 421 g/mol. The fraction of sp³-hybridized carbons (Fsp3) is 0.240. The first-order chi connectivity index (χ1) is 14.6. The second-order valence-electron chi connectivity index (χ2n) is 7.75. The van der Waals surface area contributed by atoms with Crippen LogP contribution in [0.25, 0.3) is 17.4 Å². The number of rotatable bonds is 5. The fourth-order valence-electron chi connectivity index (χ4n) is 3.58. The molecule has 3 aromatic rings. The monoisotopic (exact) mass is 420 g/mol. The van der Waals surface area contributed by atoms with Gasteiger partial charge in [0.05, 0.1) is 0 Å². The van der Waals surface area contributed by atoms with E-state index in [9.17, 15) is 4.79 Å². The standard InChI is InChI=1S/C25H25ClN2O2/c1-18-14-16-28(17-15-18)22-8-6-21(7-9-22)27-25(29)13-11-23-10-12-24(30-23)19-2-4-20(26)5-3-19/h2-13,18H,14-17H2,1H3,(H,27,29). The van der Waals surface area contributed by atoms with Crippen molar-refractivity contribution < 1.29 is 9.21 Å². The van der Waals surface area contributed by atoms with Gasteiger partial charge in [0.1, 0.15) is 11.5 Å². The van der Waals surface area contributed by atoms with E-state index in [0.717, 1.165) is 36.0 Å². The molecule has 154 valence electrons. The topological polar surface area (TPSA) is 45.5 Å². The van der Waals surface area contributed by atoms with Crippen molar-refractivity contribution in [1.82, 2.24) is 0 Å². The van der Waals surface area contributed by atoms with Gasteiger partial charge in [-0.3, -0.25) is 4.79 Å². The molecular formula is C25H25ClN2O2. The number of carbonyl (C=O) groups excluding carboxylic acids is 1. The van der Waals surface area contributed by atoms with E-state index in [1.807, 2.05) is 48.5 Å². The number of hydrogen-bond donors (Lipinski definition) is 1. The van der Waals surface area contributed by atoms with Crippen molar-refractivity contribution in [1.29, 1.82) is 0 Å². The summed E-state index contributed by atoms with van der Waals surface area (Å²) >= 11 is 5.92. The molecule has 0 bridgehead atoms. The van der Waals surface area contributed by atoms with Crippen LogP contribution in [0.15, 0.2) is 71.2 Å². The first kappa shape index (κ1) is 20.3. The Hall–Kier alpha value is -2.98. The van der Waals surface area contributed by atoms with Gasteiger partial charge in [0.15, 0.2) is 0 Å². The third-order valence-corrected chi connectivity index (χ3v) is 5.69. The third kappa shape index (κ3) is 5.14. The normalized spacial score (nSPS) is 14.9. The van der Waals surface area contributed by atoms with E-state index in [0.29, 0.717) is 10.8 Å². The zero-order valence-electron chi connectivity index (χ0n) is 17.0. The van der Waals surface area contributed by atoms with Gasteiger partial charge in [0.25, 0.3) is 0 Å². The summed E-state index contributed by atoms with van der Waals surface area (Å²) in [6.07, 6.45) is 5.61. The first-order valence-electron chi connectivity index (χ1n) is 10.3. The van der Waals surface area contributed by atoms with Crippen molar-refractivity contribution in [2.24, 2.45) is 5.92 Å². The van der Waals surface area contributed by atoms with Crippen molar-refractivity contribution in [2.75, 3.05) is 23.3 Å². The number of anilines is 2. The van der Waals surface area contributed by atoms with Gasteiger partial charge in [0.2, 0.25) is 5.91 Å². The number of amides is 1. The number of benzene rings is 2. The van der Waals surface area contributed by atoms with Crippen molar-refractivity contribution in [3.63, 3.8) is 0 Å². The molecule has 2 aromatic carbocycles. The van der Waals surface area contributed by atoms with Gasteiger partial charge in [-0.2, -0.15) is 0 Å². The van der Waals surface area contributed by atoms with Crippen LogP contribution in [0.5, 0.6) is 0 Å². The lowest BCUT2D eigenvalue weighted by molar-refractivity contribution is -0.111. The minimum atomic E-state index is -0.195. The average Bonchev–Trinajstić information content (AvgIpc) is 3.23. The summed E-state index contributed by atoms with van der Waals surface area (Å²) in [5, 5.41) is 3.57. The number of piperidine rings is 1. The lowest BCUT2D eigenvalue weighted by Crippen LogP contribution is -2.32. The first-order valence-corrected chi connectivity index (χ1v) is 10.6. The molecule has 4 rings (SSSR count). The molecule has 1 aliphatic heterocycles. The maximum atomic E-state index is 12.3. The SMILES string of the molecule is CC1CCN(c2ccc(NC(=O)C=Cc3ccc(-c4ccc(Cl)cc4)o3)cc2)CC1. The van der Waals surface area contributed by atoms with Gasteiger partial charge in [-0.05, 0) is 85.5 Å². The maximum Gasteiger partial charge on any atom is 0.248 e. The van der Waals surface area contributed by atoms with Crippen LogP contribution in [0.1, 0.15) is 25.5 Å². The molecule has 5 heteroatoms. The van der Waals surface area contributed by atoms with Crippen molar-refractivity contribution in [3.8, 4) is 11.3 Å². The number of carbonyl (C=O) groups is 1. The molecule has 2 heterocycles. The smallest absolute Gasteiger partial charge is 0.248 e. The Balaban J connectivity index is 1.33. The van der Waals surface area contributed by atoms with Gasteiger partial charge < -0.3 is 14.6 Å².